The molecule has 5 nitrogen and oxygen atoms in total. The van der Waals surface area contributed by atoms with Crippen molar-refractivity contribution in [2.45, 2.75) is 6.42 Å². The first-order valence-corrected chi connectivity index (χ1v) is 7.15. The number of nitrogens with zero attached hydrogens (tertiary/aromatic N) is 2. The number of carbonyl (C=O) groups is 1. The van der Waals surface area contributed by atoms with Gasteiger partial charge in [-0.1, -0.05) is 47.6 Å². The van der Waals surface area contributed by atoms with E-state index in [2.05, 4.69) is 15.5 Å². The largest absolute Gasteiger partial charge is 0.351 e. The Bertz CT molecular complexity index is 802. The highest BCUT2D eigenvalue weighted by molar-refractivity contribution is 5.94. The molecule has 0 aliphatic rings. The third-order valence-corrected chi connectivity index (χ3v) is 3.24. The van der Waals surface area contributed by atoms with Gasteiger partial charge in [-0.25, -0.2) is 4.39 Å². The van der Waals surface area contributed by atoms with E-state index in [1.807, 2.05) is 30.3 Å². The lowest BCUT2D eigenvalue weighted by molar-refractivity contribution is 0.0949. The normalized spacial score (nSPS) is 10.5. The van der Waals surface area contributed by atoms with Crippen molar-refractivity contribution in [1.82, 2.24) is 15.5 Å². The molecule has 0 atom stereocenters. The lowest BCUT2D eigenvalue weighted by atomic mass is 10.2. The Balaban J connectivity index is 1.56. The van der Waals surface area contributed by atoms with E-state index < -0.39 is 11.7 Å². The predicted octanol–water partition coefficient (Wildman–Crippen LogP) is 2.85. The van der Waals surface area contributed by atoms with E-state index >= 15 is 0 Å². The van der Waals surface area contributed by atoms with Crippen LogP contribution in [0.25, 0.3) is 11.4 Å². The van der Waals surface area contributed by atoms with E-state index in [1.54, 1.807) is 6.07 Å². The van der Waals surface area contributed by atoms with Crippen LogP contribution < -0.4 is 5.32 Å². The van der Waals surface area contributed by atoms with Crippen LogP contribution in [0, 0.1) is 5.82 Å². The summed E-state index contributed by atoms with van der Waals surface area (Å²) in [6.07, 6.45) is 0.375. The molecule has 0 saturated carbocycles. The van der Waals surface area contributed by atoms with Gasteiger partial charge in [-0.05, 0) is 12.1 Å². The molecule has 6 heteroatoms. The first-order chi connectivity index (χ1) is 11.2. The summed E-state index contributed by atoms with van der Waals surface area (Å²) in [7, 11) is 0. The maximum atomic E-state index is 13.5. The molecule has 1 N–H and O–H groups in total. The highest BCUT2D eigenvalue weighted by Crippen LogP contribution is 2.14. The lowest BCUT2D eigenvalue weighted by Crippen LogP contribution is -2.26. The summed E-state index contributed by atoms with van der Waals surface area (Å²) >= 11 is 0. The van der Waals surface area contributed by atoms with Crippen molar-refractivity contribution in [2.24, 2.45) is 0 Å². The van der Waals surface area contributed by atoms with Crippen molar-refractivity contribution in [3.8, 4) is 11.4 Å². The fourth-order valence-corrected chi connectivity index (χ4v) is 2.08. The van der Waals surface area contributed by atoms with Crippen molar-refractivity contribution in [3.63, 3.8) is 0 Å². The third-order valence-electron chi connectivity index (χ3n) is 3.24. The van der Waals surface area contributed by atoms with E-state index in [0.717, 1.165) is 5.56 Å². The second-order valence-electron chi connectivity index (χ2n) is 4.86. The topological polar surface area (TPSA) is 68.0 Å². The van der Waals surface area contributed by atoms with Gasteiger partial charge in [0.1, 0.15) is 5.82 Å². The van der Waals surface area contributed by atoms with Crippen LogP contribution in [-0.4, -0.2) is 22.6 Å². The first kappa shape index (κ1) is 14.9. The minimum absolute atomic E-state index is 0.0167. The molecule has 0 saturated heterocycles. The second-order valence-corrected chi connectivity index (χ2v) is 4.86. The molecule has 116 valence electrons. The highest BCUT2D eigenvalue weighted by Gasteiger charge is 2.12. The van der Waals surface area contributed by atoms with E-state index in [0.29, 0.717) is 18.1 Å². The summed E-state index contributed by atoms with van der Waals surface area (Å²) in [4.78, 5) is 16.1. The minimum Gasteiger partial charge on any atom is -0.351 e. The molecule has 3 rings (SSSR count). The molecule has 0 radical (unpaired) electrons. The Morgan fingerprint density at radius 3 is 2.61 bits per heavy atom. The number of benzene rings is 2. The number of amides is 1. The molecule has 0 aliphatic carbocycles. The van der Waals surface area contributed by atoms with Crippen LogP contribution in [-0.2, 0) is 6.42 Å². The molecule has 1 aromatic heterocycles. The van der Waals surface area contributed by atoms with E-state index in [9.17, 15) is 9.18 Å². The second kappa shape index (κ2) is 6.83. The quantitative estimate of drug-likeness (QED) is 0.786. The number of hydrogen-bond donors (Lipinski definition) is 1. The summed E-state index contributed by atoms with van der Waals surface area (Å²) in [6.45, 7) is 0.281. The SMILES string of the molecule is O=C(NCCc1nc(-c2ccccc2)no1)c1ccccc1F. The molecule has 0 unspecified atom stereocenters. The zero-order valence-electron chi connectivity index (χ0n) is 12.2. The molecule has 1 amide bonds. The number of rotatable bonds is 5. The van der Waals surface area contributed by atoms with Crippen molar-refractivity contribution in [3.05, 3.63) is 71.9 Å². The summed E-state index contributed by atoms with van der Waals surface area (Å²) in [5.74, 6) is -0.0984. The number of hydrogen-bond acceptors (Lipinski definition) is 4. The number of nitrogens with one attached hydrogen (secondary N) is 1. The van der Waals surface area contributed by atoms with Crippen LogP contribution in [0.1, 0.15) is 16.2 Å². The summed E-state index contributed by atoms with van der Waals surface area (Å²) < 4.78 is 18.6. The molecule has 2 aromatic carbocycles. The van der Waals surface area contributed by atoms with Gasteiger partial charge in [0.2, 0.25) is 11.7 Å². The number of carbonyl (C=O) groups excluding carboxylic acids is 1. The fraction of sp³-hybridized carbons (Fsp3) is 0.118. The van der Waals surface area contributed by atoms with Crippen molar-refractivity contribution in [2.75, 3.05) is 6.54 Å². The maximum absolute atomic E-state index is 13.5. The van der Waals surface area contributed by atoms with Crippen LogP contribution in [0.2, 0.25) is 0 Å². The van der Waals surface area contributed by atoms with Gasteiger partial charge in [0, 0.05) is 18.5 Å². The van der Waals surface area contributed by atoms with Gasteiger partial charge in [-0.2, -0.15) is 4.98 Å². The van der Waals surface area contributed by atoms with Crippen LogP contribution in [0.3, 0.4) is 0 Å². The molecule has 23 heavy (non-hydrogen) atoms. The van der Waals surface area contributed by atoms with Crippen LogP contribution in [0.5, 0.6) is 0 Å². The van der Waals surface area contributed by atoms with Gasteiger partial charge in [-0.15, -0.1) is 0 Å². The first-order valence-electron chi connectivity index (χ1n) is 7.15. The molecule has 0 aliphatic heterocycles. The Morgan fingerprint density at radius 2 is 1.83 bits per heavy atom. The zero-order valence-corrected chi connectivity index (χ0v) is 12.2. The van der Waals surface area contributed by atoms with Crippen molar-refractivity contribution < 1.29 is 13.7 Å². The van der Waals surface area contributed by atoms with Crippen LogP contribution >= 0.6 is 0 Å². The van der Waals surface area contributed by atoms with Crippen LogP contribution in [0.15, 0.2) is 59.1 Å². The molecule has 0 bridgehead atoms. The highest BCUT2D eigenvalue weighted by atomic mass is 19.1. The van der Waals surface area contributed by atoms with Gasteiger partial charge in [0.15, 0.2) is 0 Å². The number of halogens is 1. The monoisotopic (exact) mass is 311 g/mol. The molecule has 0 spiro atoms. The summed E-state index contributed by atoms with van der Waals surface area (Å²) in [5.41, 5.74) is 0.876. The molecule has 3 aromatic rings. The van der Waals surface area contributed by atoms with Crippen LogP contribution in [0.4, 0.5) is 4.39 Å². The fourth-order valence-electron chi connectivity index (χ4n) is 2.08. The van der Waals surface area contributed by atoms with E-state index in [4.69, 9.17) is 4.52 Å². The predicted molar refractivity (Wildman–Crippen MR) is 82.2 cm³/mol. The Kier molecular flexibility index (Phi) is 4.42. The van der Waals surface area contributed by atoms with Gasteiger partial charge in [-0.3, -0.25) is 4.79 Å². The van der Waals surface area contributed by atoms with E-state index in [-0.39, 0.29) is 12.1 Å². The molecular formula is C17H14FN3O2. The average Bonchev–Trinajstić information content (AvgIpc) is 3.05. The maximum Gasteiger partial charge on any atom is 0.254 e. The zero-order chi connectivity index (χ0) is 16.1. The molecular weight excluding hydrogens is 297 g/mol. The standard InChI is InChI=1S/C17H14FN3O2/c18-14-9-5-4-8-13(14)17(22)19-11-10-15-20-16(21-23-15)12-6-2-1-3-7-12/h1-9H,10-11H2,(H,19,22). The number of aromatic nitrogens is 2. The van der Waals surface area contributed by atoms with Crippen molar-refractivity contribution >= 4 is 5.91 Å². The van der Waals surface area contributed by atoms with Gasteiger partial charge in [0.25, 0.3) is 5.91 Å². The average molecular weight is 311 g/mol. The van der Waals surface area contributed by atoms with E-state index in [1.165, 1.54) is 18.2 Å². The summed E-state index contributed by atoms with van der Waals surface area (Å²) in [6, 6.07) is 15.3. The Morgan fingerprint density at radius 1 is 1.09 bits per heavy atom. The van der Waals surface area contributed by atoms with Gasteiger partial charge in [0.05, 0.1) is 5.56 Å². The molecule has 1 heterocycles. The minimum atomic E-state index is -0.547. The third kappa shape index (κ3) is 3.60. The summed E-state index contributed by atoms with van der Waals surface area (Å²) in [5, 5.41) is 6.53. The van der Waals surface area contributed by atoms with Crippen molar-refractivity contribution in [1.29, 1.82) is 0 Å². The lowest BCUT2D eigenvalue weighted by Gasteiger charge is -2.04. The smallest absolute Gasteiger partial charge is 0.254 e. The molecule has 0 fully saturated rings. The Hall–Kier alpha value is -3.02. The van der Waals surface area contributed by atoms with Gasteiger partial charge < -0.3 is 9.84 Å². The Labute approximate surface area is 132 Å². The van der Waals surface area contributed by atoms with Gasteiger partial charge >= 0.3 is 0 Å².